The van der Waals surface area contributed by atoms with Gasteiger partial charge < -0.3 is 5.11 Å². The summed E-state index contributed by atoms with van der Waals surface area (Å²) < 4.78 is 0. The van der Waals surface area contributed by atoms with Gasteiger partial charge in [-0.1, -0.05) is 24.3 Å². The molecule has 1 rings (SSSR count). The largest absolute Gasteiger partial charge is 0.478 e. The third kappa shape index (κ3) is 3.09. The van der Waals surface area contributed by atoms with Gasteiger partial charge in [0.25, 0.3) is 0 Å². The standard InChI is InChI=1S/C13H14O2/c1-3-11-7-5-10(6-8-13(14)15)9-12(11)4-2/h3-9H,1-2H3,(H,14,15)/b8-6+,11-3-,12-4-. The Morgan fingerprint density at radius 1 is 1.20 bits per heavy atom. The molecule has 2 heteroatoms. The Kier molecular flexibility index (Phi) is 3.86. The third-order valence-electron chi connectivity index (χ3n) is 2.15. The maximum atomic E-state index is 10.3. The second-order valence-corrected chi connectivity index (χ2v) is 3.14. The highest BCUT2D eigenvalue weighted by atomic mass is 16.4. The van der Waals surface area contributed by atoms with Crippen molar-refractivity contribution in [1.82, 2.24) is 0 Å². The first kappa shape index (κ1) is 11.2. The Morgan fingerprint density at radius 3 is 2.40 bits per heavy atom. The molecule has 1 aromatic carbocycles. The SMILES string of the molecule is C/C=c1/ccc(/C=C/C(=O)O)c/c1=C/C. The molecule has 15 heavy (non-hydrogen) atoms. The van der Waals surface area contributed by atoms with Gasteiger partial charge in [0, 0.05) is 6.08 Å². The van der Waals surface area contributed by atoms with E-state index in [2.05, 4.69) is 0 Å². The minimum atomic E-state index is -0.928. The van der Waals surface area contributed by atoms with Crippen LogP contribution in [-0.4, -0.2) is 11.1 Å². The van der Waals surface area contributed by atoms with Crippen LogP contribution in [-0.2, 0) is 4.79 Å². The zero-order chi connectivity index (χ0) is 11.3. The Balaban J connectivity index is 3.22. The average molecular weight is 202 g/mol. The number of benzene rings is 1. The monoisotopic (exact) mass is 202 g/mol. The van der Waals surface area contributed by atoms with Gasteiger partial charge in [0.15, 0.2) is 0 Å². The predicted octanol–water partition coefficient (Wildman–Crippen LogP) is 1.39. The highest BCUT2D eigenvalue weighted by molar-refractivity contribution is 5.85. The van der Waals surface area contributed by atoms with Crippen molar-refractivity contribution >= 4 is 24.2 Å². The summed E-state index contributed by atoms with van der Waals surface area (Å²) in [7, 11) is 0. The van der Waals surface area contributed by atoms with Gasteiger partial charge in [-0.25, -0.2) is 4.79 Å². The van der Waals surface area contributed by atoms with Crippen molar-refractivity contribution < 1.29 is 9.90 Å². The number of aliphatic carboxylic acids is 1. The van der Waals surface area contributed by atoms with E-state index in [1.54, 1.807) is 6.08 Å². The smallest absolute Gasteiger partial charge is 0.328 e. The second kappa shape index (κ2) is 5.15. The molecule has 78 valence electrons. The van der Waals surface area contributed by atoms with E-state index in [9.17, 15) is 4.79 Å². The maximum absolute atomic E-state index is 10.3. The van der Waals surface area contributed by atoms with Gasteiger partial charge in [0.2, 0.25) is 0 Å². The van der Waals surface area contributed by atoms with E-state index in [1.807, 2.05) is 44.2 Å². The van der Waals surface area contributed by atoms with E-state index >= 15 is 0 Å². The Hall–Kier alpha value is -1.83. The summed E-state index contributed by atoms with van der Waals surface area (Å²) >= 11 is 0. The number of carboxylic acids is 1. The number of hydrogen-bond donors (Lipinski definition) is 1. The van der Waals surface area contributed by atoms with E-state index in [1.165, 1.54) is 0 Å². The molecule has 0 aliphatic heterocycles. The molecule has 0 atom stereocenters. The topological polar surface area (TPSA) is 37.3 Å². The number of rotatable bonds is 2. The minimum Gasteiger partial charge on any atom is -0.478 e. The van der Waals surface area contributed by atoms with Crippen LogP contribution < -0.4 is 10.4 Å². The van der Waals surface area contributed by atoms with Gasteiger partial charge >= 0.3 is 5.97 Å². The van der Waals surface area contributed by atoms with Crippen LogP contribution in [0.2, 0.25) is 0 Å². The average Bonchev–Trinajstić information content (AvgIpc) is 2.25. The van der Waals surface area contributed by atoms with Crippen LogP contribution in [0.4, 0.5) is 0 Å². The molecule has 0 saturated carbocycles. The zero-order valence-electron chi connectivity index (χ0n) is 8.90. The normalized spacial score (nSPS) is 13.7. The summed E-state index contributed by atoms with van der Waals surface area (Å²) in [5.41, 5.74) is 0.899. The van der Waals surface area contributed by atoms with Gasteiger partial charge in [-0.15, -0.1) is 0 Å². The maximum Gasteiger partial charge on any atom is 0.328 e. The minimum absolute atomic E-state index is 0.899. The molecular weight excluding hydrogens is 188 g/mol. The number of hydrogen-bond acceptors (Lipinski definition) is 1. The first-order chi connectivity index (χ1) is 7.17. The summed E-state index contributed by atoms with van der Waals surface area (Å²) in [6.07, 6.45) is 6.77. The third-order valence-corrected chi connectivity index (χ3v) is 2.15. The van der Waals surface area contributed by atoms with Crippen LogP contribution in [0.25, 0.3) is 18.2 Å². The van der Waals surface area contributed by atoms with Crippen molar-refractivity contribution in [1.29, 1.82) is 0 Å². The van der Waals surface area contributed by atoms with Crippen molar-refractivity contribution in [2.24, 2.45) is 0 Å². The lowest BCUT2D eigenvalue weighted by Gasteiger charge is -1.94. The zero-order valence-corrected chi connectivity index (χ0v) is 8.90. The van der Waals surface area contributed by atoms with Crippen molar-refractivity contribution in [3.63, 3.8) is 0 Å². The quantitative estimate of drug-likeness (QED) is 0.736. The van der Waals surface area contributed by atoms with Crippen molar-refractivity contribution in [2.45, 2.75) is 13.8 Å². The van der Waals surface area contributed by atoms with E-state index in [0.717, 1.165) is 22.1 Å². The molecule has 0 amide bonds. The van der Waals surface area contributed by atoms with Crippen LogP contribution in [0, 0.1) is 0 Å². The lowest BCUT2D eigenvalue weighted by atomic mass is 10.1. The van der Waals surface area contributed by atoms with Crippen molar-refractivity contribution in [3.8, 4) is 0 Å². The molecule has 0 bridgehead atoms. The van der Waals surface area contributed by atoms with Crippen LogP contribution >= 0.6 is 0 Å². The molecule has 0 radical (unpaired) electrons. The van der Waals surface area contributed by atoms with Gasteiger partial charge in [0.05, 0.1) is 0 Å². The van der Waals surface area contributed by atoms with E-state index in [4.69, 9.17) is 5.11 Å². The van der Waals surface area contributed by atoms with E-state index < -0.39 is 5.97 Å². The summed E-state index contributed by atoms with van der Waals surface area (Å²) in [6, 6.07) is 5.85. The number of carbonyl (C=O) groups is 1. The lowest BCUT2D eigenvalue weighted by Crippen LogP contribution is -2.23. The number of carboxylic acid groups (broad SMARTS) is 1. The fraction of sp³-hybridized carbons (Fsp3) is 0.154. The molecule has 2 nitrogen and oxygen atoms in total. The Bertz CT molecular complexity index is 496. The van der Waals surface area contributed by atoms with Crippen LogP contribution in [0.15, 0.2) is 24.3 Å². The van der Waals surface area contributed by atoms with Gasteiger partial charge in [-0.2, -0.15) is 0 Å². The first-order valence-electron chi connectivity index (χ1n) is 4.81. The summed E-state index contributed by atoms with van der Waals surface area (Å²) in [4.78, 5) is 10.3. The molecule has 0 fully saturated rings. The molecule has 0 unspecified atom stereocenters. The van der Waals surface area contributed by atoms with Crippen LogP contribution in [0.3, 0.4) is 0 Å². The molecule has 0 aliphatic carbocycles. The van der Waals surface area contributed by atoms with Gasteiger partial charge in [-0.05, 0) is 42.0 Å². The molecule has 0 aromatic heterocycles. The molecular formula is C13H14O2. The van der Waals surface area contributed by atoms with Gasteiger partial charge in [-0.3, -0.25) is 0 Å². The van der Waals surface area contributed by atoms with Crippen molar-refractivity contribution in [2.75, 3.05) is 0 Å². The van der Waals surface area contributed by atoms with Crippen LogP contribution in [0.5, 0.6) is 0 Å². The molecule has 0 aliphatic rings. The lowest BCUT2D eigenvalue weighted by molar-refractivity contribution is -0.131. The summed E-state index contributed by atoms with van der Waals surface area (Å²) in [5, 5.41) is 10.8. The van der Waals surface area contributed by atoms with E-state index in [-0.39, 0.29) is 0 Å². The molecule has 0 heterocycles. The summed E-state index contributed by atoms with van der Waals surface area (Å²) in [5.74, 6) is -0.928. The fourth-order valence-corrected chi connectivity index (χ4v) is 1.38. The second-order valence-electron chi connectivity index (χ2n) is 3.14. The molecule has 1 aromatic rings. The predicted molar refractivity (Wildman–Crippen MR) is 62.6 cm³/mol. The van der Waals surface area contributed by atoms with Gasteiger partial charge in [0.1, 0.15) is 0 Å². The fourth-order valence-electron chi connectivity index (χ4n) is 1.38. The summed E-state index contributed by atoms with van der Waals surface area (Å²) in [6.45, 7) is 3.95. The highest BCUT2D eigenvalue weighted by Crippen LogP contribution is 1.95. The van der Waals surface area contributed by atoms with Crippen molar-refractivity contribution in [3.05, 3.63) is 40.3 Å². The Morgan fingerprint density at radius 2 is 1.87 bits per heavy atom. The molecule has 0 spiro atoms. The first-order valence-corrected chi connectivity index (χ1v) is 4.81. The van der Waals surface area contributed by atoms with E-state index in [0.29, 0.717) is 0 Å². The van der Waals surface area contributed by atoms with Crippen LogP contribution in [0.1, 0.15) is 19.4 Å². The molecule has 1 N–H and O–H groups in total. The molecule has 0 saturated heterocycles. The Labute approximate surface area is 88.9 Å². The highest BCUT2D eigenvalue weighted by Gasteiger charge is 1.90.